The van der Waals surface area contributed by atoms with Crippen molar-refractivity contribution in [3.8, 4) is 0 Å². The van der Waals surface area contributed by atoms with Gasteiger partial charge in [0.1, 0.15) is 0 Å². The van der Waals surface area contributed by atoms with E-state index < -0.39 is 26.4 Å². The zero-order valence-electron chi connectivity index (χ0n) is 8.57. The van der Waals surface area contributed by atoms with Gasteiger partial charge in [-0.15, -0.1) is 0 Å². The average Bonchev–Trinajstić information content (AvgIpc) is 2.09. The molecule has 90 valence electrons. The van der Waals surface area contributed by atoms with Crippen LogP contribution in [-0.4, -0.2) is 19.5 Å². The van der Waals surface area contributed by atoms with Crippen LogP contribution in [0, 0.1) is 11.3 Å². The van der Waals surface area contributed by atoms with Crippen LogP contribution in [-0.2, 0) is 13.8 Å². The zero-order chi connectivity index (χ0) is 12.7. The molecule has 0 bridgehead atoms. The molecule has 0 saturated carbocycles. The quantitative estimate of drug-likeness (QED) is 0.790. The summed E-state index contributed by atoms with van der Waals surface area (Å²) >= 11 is 3.03. The third kappa shape index (κ3) is 2.33. The Morgan fingerprint density at radius 3 is 2.50 bits per heavy atom. The van der Waals surface area contributed by atoms with Gasteiger partial charge in [0.2, 0.25) is 0 Å². The predicted octanol–water partition coefficient (Wildman–Crippen LogP) is 2.46. The van der Waals surface area contributed by atoms with Gasteiger partial charge < -0.3 is 5.11 Å². The number of carbonyl (C=O) groups is 1. The van der Waals surface area contributed by atoms with Crippen molar-refractivity contribution in [2.75, 3.05) is 0 Å². The van der Waals surface area contributed by atoms with Crippen LogP contribution in [0.3, 0.4) is 0 Å². The van der Waals surface area contributed by atoms with Crippen LogP contribution in [0.25, 0.3) is 0 Å². The van der Waals surface area contributed by atoms with E-state index in [9.17, 15) is 13.2 Å². The molecule has 7 heteroatoms. The van der Waals surface area contributed by atoms with E-state index in [-0.39, 0.29) is 9.39 Å². The Bertz CT molecular complexity index is 494. The molecule has 1 rings (SSSR count). The third-order valence-electron chi connectivity index (χ3n) is 2.73. The van der Waals surface area contributed by atoms with E-state index in [1.54, 1.807) is 6.92 Å². The number of hydrogen-bond donors (Lipinski definition) is 1. The number of allylic oxidation sites excluding steroid dienone is 2. The fourth-order valence-electron chi connectivity index (χ4n) is 1.40. The van der Waals surface area contributed by atoms with Crippen molar-refractivity contribution in [3.63, 3.8) is 0 Å². The standard InChI is InChI=1S/C9H10BrClO4S/c1-5-3-7(16(11,14)15)6(10)4-9(5,2)8(12)13/h3-5H,1-2H3,(H,12,13). The summed E-state index contributed by atoms with van der Waals surface area (Å²) in [5.41, 5.74) is -1.14. The fourth-order valence-corrected chi connectivity index (χ4v) is 3.99. The van der Waals surface area contributed by atoms with Crippen LogP contribution in [0.1, 0.15) is 13.8 Å². The maximum absolute atomic E-state index is 11.2. The number of hydrogen-bond acceptors (Lipinski definition) is 3. The summed E-state index contributed by atoms with van der Waals surface area (Å²) < 4.78 is 22.6. The lowest BCUT2D eigenvalue weighted by Gasteiger charge is -2.30. The van der Waals surface area contributed by atoms with Gasteiger partial charge in [-0.3, -0.25) is 4.79 Å². The lowest BCUT2D eigenvalue weighted by Crippen LogP contribution is -2.34. The van der Waals surface area contributed by atoms with Crippen molar-refractivity contribution in [2.45, 2.75) is 13.8 Å². The van der Waals surface area contributed by atoms with Gasteiger partial charge in [-0.25, -0.2) is 8.42 Å². The molecule has 0 amide bonds. The van der Waals surface area contributed by atoms with Gasteiger partial charge in [-0.1, -0.05) is 19.1 Å². The summed E-state index contributed by atoms with van der Waals surface area (Å²) in [6.45, 7) is 3.15. The number of carboxylic acids is 1. The van der Waals surface area contributed by atoms with Gasteiger partial charge >= 0.3 is 5.97 Å². The van der Waals surface area contributed by atoms with Crippen molar-refractivity contribution >= 4 is 41.6 Å². The number of aliphatic carboxylic acids is 1. The second-order valence-electron chi connectivity index (χ2n) is 3.84. The molecule has 0 spiro atoms. The van der Waals surface area contributed by atoms with Crippen molar-refractivity contribution < 1.29 is 18.3 Å². The number of carboxylic acid groups (broad SMARTS) is 1. The summed E-state index contributed by atoms with van der Waals surface area (Å²) in [5, 5.41) is 9.10. The first-order chi connectivity index (χ1) is 7.09. The van der Waals surface area contributed by atoms with Crippen molar-refractivity contribution in [1.82, 2.24) is 0 Å². The summed E-state index contributed by atoms with van der Waals surface area (Å²) in [6, 6.07) is 0. The first-order valence-electron chi connectivity index (χ1n) is 4.37. The Balaban J connectivity index is 3.32. The van der Waals surface area contributed by atoms with Crippen LogP contribution in [0.15, 0.2) is 21.5 Å². The van der Waals surface area contributed by atoms with Crippen LogP contribution in [0.2, 0.25) is 0 Å². The first-order valence-corrected chi connectivity index (χ1v) is 7.48. The van der Waals surface area contributed by atoms with Gasteiger partial charge in [0.25, 0.3) is 9.05 Å². The lowest BCUT2D eigenvalue weighted by molar-refractivity contribution is -0.146. The zero-order valence-corrected chi connectivity index (χ0v) is 11.7. The molecule has 1 aliphatic rings. The molecule has 0 heterocycles. The second-order valence-corrected chi connectivity index (χ2v) is 7.23. The highest BCUT2D eigenvalue weighted by molar-refractivity contribution is 9.12. The summed E-state index contributed by atoms with van der Waals surface area (Å²) in [5.74, 6) is -1.48. The van der Waals surface area contributed by atoms with Gasteiger partial charge in [0.15, 0.2) is 0 Å². The molecule has 0 aromatic carbocycles. The van der Waals surface area contributed by atoms with Gasteiger partial charge in [0, 0.05) is 15.2 Å². The second kappa shape index (κ2) is 4.16. The fraction of sp³-hybridized carbons (Fsp3) is 0.444. The Morgan fingerprint density at radius 1 is 1.62 bits per heavy atom. The molecular weight excluding hydrogens is 320 g/mol. The largest absolute Gasteiger partial charge is 0.481 e. The molecule has 0 fully saturated rings. The molecule has 1 aliphatic carbocycles. The van der Waals surface area contributed by atoms with E-state index in [2.05, 4.69) is 15.9 Å². The summed E-state index contributed by atoms with van der Waals surface area (Å²) in [4.78, 5) is 11.0. The summed E-state index contributed by atoms with van der Waals surface area (Å²) in [6.07, 6.45) is 2.70. The SMILES string of the molecule is CC1C=C(S(=O)(=O)Cl)C(Br)=CC1(C)C(=O)O. The molecule has 0 radical (unpaired) electrons. The lowest BCUT2D eigenvalue weighted by atomic mass is 9.75. The van der Waals surface area contributed by atoms with E-state index >= 15 is 0 Å². The molecule has 0 aromatic heterocycles. The Hall–Kier alpha value is -0.330. The third-order valence-corrected chi connectivity index (χ3v) is 5.03. The minimum Gasteiger partial charge on any atom is -0.481 e. The van der Waals surface area contributed by atoms with E-state index in [0.717, 1.165) is 0 Å². The molecule has 0 aliphatic heterocycles. The van der Waals surface area contributed by atoms with Crippen LogP contribution in [0.4, 0.5) is 0 Å². The Kier molecular flexibility index (Phi) is 3.57. The van der Waals surface area contributed by atoms with Crippen molar-refractivity contribution in [2.24, 2.45) is 11.3 Å². The Labute approximate surface area is 107 Å². The van der Waals surface area contributed by atoms with Crippen LogP contribution in [0.5, 0.6) is 0 Å². The van der Waals surface area contributed by atoms with Gasteiger partial charge in [-0.2, -0.15) is 0 Å². The average molecular weight is 330 g/mol. The molecule has 0 aromatic rings. The molecule has 0 saturated heterocycles. The molecular formula is C9H10BrClO4S. The smallest absolute Gasteiger partial charge is 0.313 e. The van der Waals surface area contributed by atoms with Crippen molar-refractivity contribution in [1.29, 1.82) is 0 Å². The van der Waals surface area contributed by atoms with Crippen LogP contribution >= 0.6 is 26.6 Å². The normalized spacial score (nSPS) is 30.6. The van der Waals surface area contributed by atoms with Gasteiger partial charge in [0.05, 0.1) is 10.3 Å². The number of rotatable bonds is 2. The molecule has 1 N–H and O–H groups in total. The highest BCUT2D eigenvalue weighted by Gasteiger charge is 2.41. The maximum Gasteiger partial charge on any atom is 0.313 e. The Morgan fingerprint density at radius 2 is 2.12 bits per heavy atom. The molecule has 2 atom stereocenters. The molecule has 4 nitrogen and oxygen atoms in total. The first kappa shape index (κ1) is 13.7. The van der Waals surface area contributed by atoms with E-state index in [4.69, 9.17) is 15.8 Å². The molecule has 2 unspecified atom stereocenters. The van der Waals surface area contributed by atoms with Crippen molar-refractivity contribution in [3.05, 3.63) is 21.5 Å². The highest BCUT2D eigenvalue weighted by Crippen LogP contribution is 2.42. The number of halogens is 2. The van der Waals surface area contributed by atoms with E-state index in [1.165, 1.54) is 19.1 Å². The molecule has 16 heavy (non-hydrogen) atoms. The minimum atomic E-state index is -3.86. The topological polar surface area (TPSA) is 71.4 Å². The summed E-state index contributed by atoms with van der Waals surface area (Å²) in [7, 11) is 1.37. The highest BCUT2D eigenvalue weighted by atomic mass is 79.9. The van der Waals surface area contributed by atoms with Gasteiger partial charge in [-0.05, 0) is 28.8 Å². The van der Waals surface area contributed by atoms with Crippen LogP contribution < -0.4 is 0 Å². The maximum atomic E-state index is 11.2. The van der Waals surface area contributed by atoms with E-state index in [1.807, 2.05) is 0 Å². The van der Waals surface area contributed by atoms with E-state index in [0.29, 0.717) is 0 Å². The minimum absolute atomic E-state index is 0.0830. The monoisotopic (exact) mass is 328 g/mol. The predicted molar refractivity (Wildman–Crippen MR) is 64.8 cm³/mol.